The molecule has 0 unspecified atom stereocenters. The average molecular weight is 425 g/mol. The summed E-state index contributed by atoms with van der Waals surface area (Å²) in [5.41, 5.74) is 1.72. The second-order valence-electron chi connectivity index (χ2n) is 6.74. The second-order valence-corrected chi connectivity index (χ2v) is 7.15. The zero-order valence-corrected chi connectivity index (χ0v) is 16.6. The first-order chi connectivity index (χ1) is 13.7. The Hall–Kier alpha value is -2.81. The van der Waals surface area contributed by atoms with Crippen molar-refractivity contribution < 1.29 is 23.1 Å². The van der Waals surface area contributed by atoms with Crippen LogP contribution in [0, 0.1) is 0 Å². The van der Waals surface area contributed by atoms with Gasteiger partial charge in [0.1, 0.15) is 10.8 Å². The maximum Gasteiger partial charge on any atom is 0.278 e. The molecule has 2 aromatic heterocycles. The molecule has 0 bridgehead atoms. The van der Waals surface area contributed by atoms with E-state index < -0.39 is 12.5 Å². The van der Waals surface area contributed by atoms with Gasteiger partial charge in [-0.05, 0) is 17.7 Å². The molecule has 29 heavy (non-hydrogen) atoms. The van der Waals surface area contributed by atoms with Crippen molar-refractivity contribution in [2.24, 2.45) is 0 Å². The van der Waals surface area contributed by atoms with E-state index in [9.17, 15) is 18.4 Å². The molecule has 1 aliphatic rings. The van der Waals surface area contributed by atoms with Gasteiger partial charge < -0.3 is 15.0 Å². The minimum absolute atomic E-state index is 0.0773. The number of carbonyl (C=O) groups is 2. The highest BCUT2D eigenvalue weighted by Gasteiger charge is 2.30. The van der Waals surface area contributed by atoms with Gasteiger partial charge in [-0.2, -0.15) is 0 Å². The van der Waals surface area contributed by atoms with Crippen molar-refractivity contribution in [1.29, 1.82) is 0 Å². The molecule has 0 saturated carbocycles. The third kappa shape index (κ3) is 4.97. The summed E-state index contributed by atoms with van der Waals surface area (Å²) >= 11 is 6.07. The number of anilines is 1. The molecule has 3 rings (SSSR count). The third-order valence-corrected chi connectivity index (χ3v) is 4.47. The van der Waals surface area contributed by atoms with Gasteiger partial charge in [-0.25, -0.2) is 18.7 Å². The number of ether oxygens (including phenoxy) is 1. The van der Waals surface area contributed by atoms with Crippen molar-refractivity contribution in [2.45, 2.75) is 39.3 Å². The van der Waals surface area contributed by atoms with Crippen molar-refractivity contribution in [1.82, 2.24) is 14.9 Å². The molecule has 1 N–H and O–H groups in total. The number of halogens is 3. The maximum atomic E-state index is 12.9. The molecule has 7 nitrogen and oxygen atoms in total. The highest BCUT2D eigenvalue weighted by molar-refractivity contribution is 6.31. The average Bonchev–Trinajstić information content (AvgIpc) is 2.97. The van der Waals surface area contributed by atoms with E-state index in [0.29, 0.717) is 28.9 Å². The topological polar surface area (TPSA) is 84.4 Å². The molecule has 2 amide bonds. The molecule has 0 saturated heterocycles. The quantitative estimate of drug-likeness (QED) is 0.733. The van der Waals surface area contributed by atoms with E-state index >= 15 is 0 Å². The van der Waals surface area contributed by atoms with Gasteiger partial charge in [0.25, 0.3) is 11.8 Å². The molecule has 10 heteroatoms. The lowest BCUT2D eigenvalue weighted by Gasteiger charge is -2.17. The number of hydrogen-bond donors (Lipinski definition) is 1. The van der Waals surface area contributed by atoms with Crippen LogP contribution in [0.4, 0.5) is 14.6 Å². The molecule has 0 atom stereocenters. The maximum absolute atomic E-state index is 12.9. The van der Waals surface area contributed by atoms with Gasteiger partial charge in [0, 0.05) is 43.4 Å². The van der Waals surface area contributed by atoms with E-state index in [1.165, 1.54) is 18.5 Å². The van der Waals surface area contributed by atoms with Crippen LogP contribution in [-0.2, 0) is 17.9 Å². The van der Waals surface area contributed by atoms with Gasteiger partial charge in [0.15, 0.2) is 6.61 Å². The highest BCUT2D eigenvalue weighted by Crippen LogP contribution is 2.30. The van der Waals surface area contributed by atoms with Gasteiger partial charge >= 0.3 is 0 Å². The fourth-order valence-corrected chi connectivity index (χ4v) is 3.06. The van der Waals surface area contributed by atoms with E-state index in [-0.39, 0.29) is 35.8 Å². The fourth-order valence-electron chi connectivity index (χ4n) is 2.81. The molecule has 0 aromatic carbocycles. The molecule has 154 valence electrons. The lowest BCUT2D eigenvalue weighted by atomic mass is 10.1. The summed E-state index contributed by atoms with van der Waals surface area (Å²) in [6, 6.07) is 3.12. The first-order valence-electron chi connectivity index (χ1n) is 8.90. The van der Waals surface area contributed by atoms with E-state index in [2.05, 4.69) is 15.3 Å². The largest absolute Gasteiger partial charge is 0.470 e. The van der Waals surface area contributed by atoms with Crippen LogP contribution in [-0.4, -0.2) is 39.2 Å². The van der Waals surface area contributed by atoms with Crippen LogP contribution < -0.4 is 10.1 Å². The number of fused-ring (bicyclic) bond motifs is 1. The standard InChI is InChI=1S/C19H19ClF2N4O3/c1-3-15(27)25-16-13-9-26(18(28)12(13)4-5-23-16)8-11-6-14(20)17(24-7-11)29-10-19(2,21)22/h4-7H,3,8-10H2,1-2H3,(H,23,25,27). The third-order valence-electron chi connectivity index (χ3n) is 4.20. The monoisotopic (exact) mass is 424 g/mol. The molecular formula is C19H19ClF2N4O3. The molecule has 1 aliphatic heterocycles. The van der Waals surface area contributed by atoms with E-state index in [0.717, 1.165) is 6.92 Å². The Labute approximate surface area is 171 Å². The van der Waals surface area contributed by atoms with Crippen LogP contribution in [0.1, 0.15) is 41.8 Å². The van der Waals surface area contributed by atoms with Crippen LogP contribution >= 0.6 is 11.6 Å². The number of nitrogens with zero attached hydrogens (tertiary/aromatic N) is 3. The first kappa shape index (κ1) is 20.9. The Morgan fingerprint density at radius 1 is 1.41 bits per heavy atom. The van der Waals surface area contributed by atoms with Crippen molar-refractivity contribution in [3.05, 3.63) is 46.2 Å². The van der Waals surface area contributed by atoms with E-state index in [1.54, 1.807) is 17.9 Å². The zero-order valence-electron chi connectivity index (χ0n) is 15.8. The van der Waals surface area contributed by atoms with Crippen LogP contribution in [0.5, 0.6) is 5.88 Å². The summed E-state index contributed by atoms with van der Waals surface area (Å²) in [5, 5.41) is 2.78. The number of pyridine rings is 2. The Kier molecular flexibility index (Phi) is 5.97. The minimum atomic E-state index is -3.00. The van der Waals surface area contributed by atoms with E-state index in [1.807, 2.05) is 0 Å². The summed E-state index contributed by atoms with van der Waals surface area (Å²) in [5.74, 6) is -3.14. The van der Waals surface area contributed by atoms with Gasteiger partial charge in [0.05, 0.1) is 6.54 Å². The number of rotatable bonds is 7. The summed E-state index contributed by atoms with van der Waals surface area (Å²) in [4.78, 5) is 34.1. The Morgan fingerprint density at radius 2 is 2.17 bits per heavy atom. The molecule has 0 spiro atoms. The highest BCUT2D eigenvalue weighted by atomic mass is 35.5. The molecule has 0 radical (unpaired) electrons. The van der Waals surface area contributed by atoms with Gasteiger partial charge in [-0.1, -0.05) is 18.5 Å². The predicted molar refractivity (Wildman–Crippen MR) is 102 cm³/mol. The van der Waals surface area contributed by atoms with Crippen molar-refractivity contribution >= 4 is 29.2 Å². The Morgan fingerprint density at radius 3 is 2.83 bits per heavy atom. The zero-order chi connectivity index (χ0) is 21.2. The van der Waals surface area contributed by atoms with Gasteiger partial charge in [-0.3, -0.25) is 9.59 Å². The fraction of sp³-hybridized carbons (Fsp3) is 0.368. The number of hydrogen-bond acceptors (Lipinski definition) is 5. The SMILES string of the molecule is CCC(=O)Nc1nccc2c1CN(Cc1cnc(OCC(C)(F)F)c(Cl)c1)C2=O. The van der Waals surface area contributed by atoms with Crippen molar-refractivity contribution in [3.63, 3.8) is 0 Å². The van der Waals surface area contributed by atoms with E-state index in [4.69, 9.17) is 16.3 Å². The predicted octanol–water partition coefficient (Wildman–Crippen LogP) is 3.67. The summed E-state index contributed by atoms with van der Waals surface area (Å²) in [6.45, 7) is 2.09. The Bertz CT molecular complexity index is 950. The number of nitrogens with one attached hydrogen (secondary N) is 1. The number of alkyl halides is 2. The lowest BCUT2D eigenvalue weighted by molar-refractivity contribution is -0.115. The molecular weight excluding hydrogens is 406 g/mol. The van der Waals surface area contributed by atoms with Crippen LogP contribution in [0.25, 0.3) is 0 Å². The van der Waals surface area contributed by atoms with Crippen LogP contribution in [0.2, 0.25) is 5.02 Å². The summed E-state index contributed by atoms with van der Waals surface area (Å²) in [7, 11) is 0. The first-order valence-corrected chi connectivity index (χ1v) is 9.27. The molecule has 2 aromatic rings. The smallest absolute Gasteiger partial charge is 0.278 e. The number of carbonyl (C=O) groups excluding carboxylic acids is 2. The number of aromatic nitrogens is 2. The van der Waals surface area contributed by atoms with Gasteiger partial charge in [-0.15, -0.1) is 0 Å². The second kappa shape index (κ2) is 8.28. The van der Waals surface area contributed by atoms with Gasteiger partial charge in [0.2, 0.25) is 11.8 Å². The Balaban J connectivity index is 1.73. The van der Waals surface area contributed by atoms with Crippen LogP contribution in [0.3, 0.4) is 0 Å². The summed E-state index contributed by atoms with van der Waals surface area (Å²) in [6.07, 6.45) is 3.19. The molecule has 3 heterocycles. The number of amides is 2. The van der Waals surface area contributed by atoms with Crippen molar-refractivity contribution in [2.75, 3.05) is 11.9 Å². The lowest BCUT2D eigenvalue weighted by Crippen LogP contribution is -2.23. The minimum Gasteiger partial charge on any atom is -0.470 e. The van der Waals surface area contributed by atoms with Crippen molar-refractivity contribution in [3.8, 4) is 5.88 Å². The van der Waals surface area contributed by atoms with Crippen LogP contribution in [0.15, 0.2) is 24.5 Å². The normalized spacial score (nSPS) is 13.4. The summed E-state index contributed by atoms with van der Waals surface area (Å²) < 4.78 is 30.8. The molecule has 0 aliphatic carbocycles. The molecule has 0 fully saturated rings.